The maximum atomic E-state index is 4.66. The monoisotopic (exact) mass is 278 g/mol. The maximum absolute atomic E-state index is 4.66. The van der Waals surface area contributed by atoms with Gasteiger partial charge in [-0.3, -0.25) is 4.68 Å². The smallest absolute Gasteiger partial charge is 0.131 e. The fraction of sp³-hybridized carbons (Fsp3) is 0.812. The van der Waals surface area contributed by atoms with Gasteiger partial charge in [0, 0.05) is 31.7 Å². The molecule has 1 N–H and O–H groups in total. The van der Waals surface area contributed by atoms with Crippen LogP contribution >= 0.6 is 0 Å². The van der Waals surface area contributed by atoms with E-state index in [2.05, 4.69) is 47.8 Å². The van der Waals surface area contributed by atoms with Gasteiger partial charge in [-0.1, -0.05) is 26.2 Å². The summed E-state index contributed by atoms with van der Waals surface area (Å²) in [5.74, 6) is 1.33. The van der Waals surface area contributed by atoms with E-state index in [0.29, 0.717) is 6.04 Å². The molecule has 0 bridgehead atoms. The second kappa shape index (κ2) is 7.11. The summed E-state index contributed by atoms with van der Waals surface area (Å²) >= 11 is 0. The molecule has 1 saturated carbocycles. The fourth-order valence-electron chi connectivity index (χ4n) is 3.48. The van der Waals surface area contributed by atoms with Crippen LogP contribution in [0.15, 0.2) is 0 Å². The Morgan fingerprint density at radius 3 is 2.55 bits per heavy atom. The summed E-state index contributed by atoms with van der Waals surface area (Å²) in [4.78, 5) is 2.59. The first-order chi connectivity index (χ1) is 9.69. The van der Waals surface area contributed by atoms with Crippen molar-refractivity contribution in [3.63, 3.8) is 0 Å². The minimum Gasteiger partial charge on any atom is -0.354 e. The molecular formula is C16H30N4. The molecule has 2 rings (SSSR count). The van der Waals surface area contributed by atoms with Crippen molar-refractivity contribution in [3.8, 4) is 0 Å². The lowest BCUT2D eigenvalue weighted by molar-refractivity contribution is 0.412. The summed E-state index contributed by atoms with van der Waals surface area (Å²) in [5, 5.41) is 8.12. The van der Waals surface area contributed by atoms with Gasteiger partial charge < -0.3 is 10.2 Å². The van der Waals surface area contributed by atoms with Crippen molar-refractivity contribution in [1.29, 1.82) is 0 Å². The minimum atomic E-state index is 0.698. The van der Waals surface area contributed by atoms with Gasteiger partial charge in [-0.25, -0.2) is 0 Å². The zero-order valence-electron chi connectivity index (χ0n) is 13.6. The van der Waals surface area contributed by atoms with Gasteiger partial charge in [0.05, 0.1) is 5.69 Å². The summed E-state index contributed by atoms with van der Waals surface area (Å²) in [7, 11) is 2.09. The van der Waals surface area contributed by atoms with E-state index >= 15 is 0 Å². The zero-order valence-corrected chi connectivity index (χ0v) is 13.6. The molecule has 1 aromatic rings. The van der Waals surface area contributed by atoms with Crippen LogP contribution in [0.1, 0.15) is 57.2 Å². The molecule has 0 saturated heterocycles. The molecule has 114 valence electrons. The number of nitrogens with zero attached hydrogens (tertiary/aromatic N) is 3. The molecule has 20 heavy (non-hydrogen) atoms. The van der Waals surface area contributed by atoms with Crippen molar-refractivity contribution in [1.82, 2.24) is 15.1 Å². The Labute approximate surface area is 123 Å². The van der Waals surface area contributed by atoms with Crippen LogP contribution in [0.3, 0.4) is 0 Å². The van der Waals surface area contributed by atoms with Gasteiger partial charge in [0.15, 0.2) is 0 Å². The Bertz CT molecular complexity index is 418. The molecule has 0 atom stereocenters. The van der Waals surface area contributed by atoms with Crippen LogP contribution in [0.4, 0.5) is 5.82 Å². The molecule has 0 amide bonds. The number of aryl methyl sites for hydroxylation is 2. The van der Waals surface area contributed by atoms with Crippen molar-refractivity contribution in [3.05, 3.63) is 11.3 Å². The third kappa shape index (κ3) is 3.17. The second-order valence-corrected chi connectivity index (χ2v) is 5.87. The minimum absolute atomic E-state index is 0.698. The summed E-state index contributed by atoms with van der Waals surface area (Å²) in [6.45, 7) is 9.56. The molecule has 0 radical (unpaired) electrons. The Morgan fingerprint density at radius 1 is 1.25 bits per heavy atom. The normalized spacial score (nSPS) is 16.6. The average Bonchev–Trinajstić information content (AvgIpc) is 2.74. The Hall–Kier alpha value is -1.03. The molecule has 0 unspecified atom stereocenters. The lowest BCUT2D eigenvalue weighted by Gasteiger charge is -2.35. The molecule has 1 heterocycles. The number of rotatable bonds is 6. The Kier molecular flexibility index (Phi) is 5.46. The van der Waals surface area contributed by atoms with Crippen LogP contribution in [0.25, 0.3) is 0 Å². The van der Waals surface area contributed by atoms with Gasteiger partial charge in [0.2, 0.25) is 0 Å². The second-order valence-electron chi connectivity index (χ2n) is 5.87. The average molecular weight is 278 g/mol. The highest BCUT2D eigenvalue weighted by Gasteiger charge is 2.25. The standard InChI is InChI=1S/C16H30N4/c1-5-17-12-15-13(3)18-19(4)16(15)20(6-2)14-10-8-7-9-11-14/h14,17H,5-12H2,1-4H3. The molecule has 0 aliphatic heterocycles. The highest BCUT2D eigenvalue weighted by atomic mass is 15.4. The lowest BCUT2D eigenvalue weighted by Crippen LogP contribution is -2.38. The first-order valence-corrected chi connectivity index (χ1v) is 8.18. The van der Waals surface area contributed by atoms with E-state index in [4.69, 9.17) is 0 Å². The van der Waals surface area contributed by atoms with Crippen LogP contribution in [-0.2, 0) is 13.6 Å². The van der Waals surface area contributed by atoms with E-state index < -0.39 is 0 Å². The van der Waals surface area contributed by atoms with Crippen molar-refractivity contribution in [2.45, 2.75) is 65.5 Å². The molecule has 1 aromatic heterocycles. The zero-order chi connectivity index (χ0) is 14.5. The van der Waals surface area contributed by atoms with E-state index in [1.165, 1.54) is 43.5 Å². The highest BCUT2D eigenvalue weighted by molar-refractivity contribution is 5.51. The van der Waals surface area contributed by atoms with Gasteiger partial charge >= 0.3 is 0 Å². The molecule has 0 spiro atoms. The SMILES string of the molecule is CCNCc1c(C)nn(C)c1N(CC)C1CCCCC1. The molecule has 0 aromatic carbocycles. The number of anilines is 1. The van der Waals surface area contributed by atoms with Gasteiger partial charge in [0.1, 0.15) is 5.82 Å². The van der Waals surface area contributed by atoms with Crippen LogP contribution in [0, 0.1) is 6.92 Å². The quantitative estimate of drug-likeness (QED) is 0.868. The van der Waals surface area contributed by atoms with Crippen molar-refractivity contribution in [2.24, 2.45) is 7.05 Å². The third-order valence-electron chi connectivity index (χ3n) is 4.49. The van der Waals surface area contributed by atoms with E-state index in [0.717, 1.165) is 25.3 Å². The molecule has 1 aliphatic rings. The van der Waals surface area contributed by atoms with E-state index in [9.17, 15) is 0 Å². The van der Waals surface area contributed by atoms with Crippen LogP contribution in [0.2, 0.25) is 0 Å². The topological polar surface area (TPSA) is 33.1 Å². The van der Waals surface area contributed by atoms with Crippen molar-refractivity contribution >= 4 is 5.82 Å². The van der Waals surface area contributed by atoms with Crippen molar-refractivity contribution in [2.75, 3.05) is 18.0 Å². The van der Waals surface area contributed by atoms with E-state index in [1.807, 2.05) is 0 Å². The number of nitrogens with one attached hydrogen (secondary N) is 1. The number of hydrogen-bond donors (Lipinski definition) is 1. The van der Waals surface area contributed by atoms with Crippen LogP contribution in [-0.4, -0.2) is 28.9 Å². The summed E-state index contributed by atoms with van der Waals surface area (Å²) in [5.41, 5.74) is 2.54. The van der Waals surface area contributed by atoms with Gasteiger partial charge in [-0.15, -0.1) is 0 Å². The van der Waals surface area contributed by atoms with Gasteiger partial charge in [-0.2, -0.15) is 5.10 Å². The Balaban J connectivity index is 2.27. The van der Waals surface area contributed by atoms with E-state index in [1.54, 1.807) is 0 Å². The predicted molar refractivity (Wildman–Crippen MR) is 85.2 cm³/mol. The first kappa shape index (κ1) is 15.4. The largest absolute Gasteiger partial charge is 0.354 e. The summed E-state index contributed by atoms with van der Waals surface area (Å²) in [6.07, 6.45) is 6.82. The molecule has 1 fully saturated rings. The van der Waals surface area contributed by atoms with Crippen LogP contribution in [0.5, 0.6) is 0 Å². The van der Waals surface area contributed by atoms with Crippen molar-refractivity contribution < 1.29 is 0 Å². The van der Waals surface area contributed by atoms with Gasteiger partial charge in [-0.05, 0) is 33.2 Å². The lowest BCUT2D eigenvalue weighted by atomic mass is 9.94. The van der Waals surface area contributed by atoms with Crippen LogP contribution < -0.4 is 10.2 Å². The van der Waals surface area contributed by atoms with E-state index in [-0.39, 0.29) is 0 Å². The number of aromatic nitrogens is 2. The predicted octanol–water partition coefficient (Wildman–Crippen LogP) is 3.00. The molecule has 1 aliphatic carbocycles. The maximum Gasteiger partial charge on any atom is 0.131 e. The third-order valence-corrected chi connectivity index (χ3v) is 4.49. The molecule has 4 heteroatoms. The highest BCUT2D eigenvalue weighted by Crippen LogP contribution is 2.30. The molecule has 4 nitrogen and oxygen atoms in total. The summed E-state index contributed by atoms with van der Waals surface area (Å²) in [6, 6.07) is 0.698. The fourth-order valence-corrected chi connectivity index (χ4v) is 3.48. The number of hydrogen-bond acceptors (Lipinski definition) is 3. The summed E-state index contributed by atoms with van der Waals surface area (Å²) < 4.78 is 2.08. The molecular weight excluding hydrogens is 248 g/mol. The Morgan fingerprint density at radius 2 is 1.95 bits per heavy atom. The van der Waals surface area contributed by atoms with Gasteiger partial charge in [0.25, 0.3) is 0 Å². The first-order valence-electron chi connectivity index (χ1n) is 8.18.